The van der Waals surface area contributed by atoms with Gasteiger partial charge in [-0.05, 0) is 52.0 Å². The predicted molar refractivity (Wildman–Crippen MR) is 81.0 cm³/mol. The molecule has 0 bridgehead atoms. The highest BCUT2D eigenvalue weighted by molar-refractivity contribution is 4.77. The number of rotatable bonds is 8. The maximum absolute atomic E-state index is 3.75. The molecule has 108 valence electrons. The number of hydrogen-bond acceptors (Lipinski definition) is 2. The Bertz CT molecular complexity index is 197. The van der Waals surface area contributed by atoms with E-state index in [4.69, 9.17) is 0 Å². The van der Waals surface area contributed by atoms with E-state index < -0.39 is 0 Å². The number of hydrogen-bond donors (Lipinski definition) is 1. The van der Waals surface area contributed by atoms with Gasteiger partial charge >= 0.3 is 0 Å². The molecule has 0 aromatic heterocycles. The Hall–Kier alpha value is -0.0800. The lowest BCUT2D eigenvalue weighted by atomic mass is 9.83. The van der Waals surface area contributed by atoms with Crippen LogP contribution in [0, 0.1) is 5.92 Å². The Balaban J connectivity index is 2.07. The van der Waals surface area contributed by atoms with Crippen molar-refractivity contribution < 1.29 is 0 Å². The van der Waals surface area contributed by atoms with Crippen LogP contribution in [0.15, 0.2) is 0 Å². The van der Waals surface area contributed by atoms with Gasteiger partial charge in [0.25, 0.3) is 0 Å². The van der Waals surface area contributed by atoms with Crippen LogP contribution in [0.2, 0.25) is 0 Å². The molecule has 0 heterocycles. The summed E-state index contributed by atoms with van der Waals surface area (Å²) in [5.41, 5.74) is 0. The summed E-state index contributed by atoms with van der Waals surface area (Å²) in [5, 5.41) is 3.75. The van der Waals surface area contributed by atoms with Gasteiger partial charge in [-0.25, -0.2) is 0 Å². The standard InChI is InChI=1S/C16H34N2/c1-5-7-15-8-10-16(11-9-15)17-12-13-18(4)14(3)6-2/h14-17H,5-13H2,1-4H3. The maximum Gasteiger partial charge on any atom is 0.0107 e. The summed E-state index contributed by atoms with van der Waals surface area (Å²) in [6.07, 6.45) is 9.76. The fourth-order valence-corrected chi connectivity index (χ4v) is 3.04. The summed E-state index contributed by atoms with van der Waals surface area (Å²) in [7, 11) is 2.24. The van der Waals surface area contributed by atoms with E-state index in [1.165, 1.54) is 51.5 Å². The van der Waals surface area contributed by atoms with E-state index >= 15 is 0 Å². The molecule has 0 aliphatic heterocycles. The molecule has 1 N–H and O–H groups in total. The minimum Gasteiger partial charge on any atom is -0.313 e. The van der Waals surface area contributed by atoms with Crippen molar-refractivity contribution in [2.24, 2.45) is 5.92 Å². The second kappa shape index (κ2) is 8.92. The lowest BCUT2D eigenvalue weighted by molar-refractivity contribution is 0.233. The normalized spacial score (nSPS) is 26.5. The predicted octanol–water partition coefficient (Wildman–Crippen LogP) is 3.67. The van der Waals surface area contributed by atoms with Crippen LogP contribution in [-0.2, 0) is 0 Å². The highest BCUT2D eigenvalue weighted by Gasteiger charge is 2.20. The van der Waals surface area contributed by atoms with E-state index in [2.05, 4.69) is 38.0 Å². The van der Waals surface area contributed by atoms with Crippen LogP contribution >= 0.6 is 0 Å². The zero-order valence-electron chi connectivity index (χ0n) is 13.0. The van der Waals surface area contributed by atoms with Crippen molar-refractivity contribution in [3.63, 3.8) is 0 Å². The largest absolute Gasteiger partial charge is 0.313 e. The van der Waals surface area contributed by atoms with Crippen LogP contribution in [0.3, 0.4) is 0 Å². The van der Waals surface area contributed by atoms with Crippen molar-refractivity contribution in [2.45, 2.75) is 77.8 Å². The third-order valence-corrected chi connectivity index (χ3v) is 4.78. The smallest absolute Gasteiger partial charge is 0.0107 e. The van der Waals surface area contributed by atoms with Crippen molar-refractivity contribution in [3.05, 3.63) is 0 Å². The lowest BCUT2D eigenvalue weighted by Gasteiger charge is -2.30. The van der Waals surface area contributed by atoms with Crippen LogP contribution in [-0.4, -0.2) is 37.1 Å². The molecule has 1 rings (SSSR count). The minimum absolute atomic E-state index is 0.715. The monoisotopic (exact) mass is 254 g/mol. The van der Waals surface area contributed by atoms with Gasteiger partial charge in [0.1, 0.15) is 0 Å². The van der Waals surface area contributed by atoms with Crippen LogP contribution in [0.4, 0.5) is 0 Å². The maximum atomic E-state index is 3.75. The highest BCUT2D eigenvalue weighted by Crippen LogP contribution is 2.27. The van der Waals surface area contributed by atoms with E-state index in [9.17, 15) is 0 Å². The summed E-state index contributed by atoms with van der Waals surface area (Å²) in [5.74, 6) is 1.02. The van der Waals surface area contributed by atoms with Crippen LogP contribution in [0.25, 0.3) is 0 Å². The minimum atomic E-state index is 0.715. The van der Waals surface area contributed by atoms with Gasteiger partial charge in [-0.1, -0.05) is 26.7 Å². The summed E-state index contributed by atoms with van der Waals surface area (Å²) < 4.78 is 0. The molecule has 0 aromatic rings. The van der Waals surface area contributed by atoms with Gasteiger partial charge < -0.3 is 10.2 Å². The molecular weight excluding hydrogens is 220 g/mol. The van der Waals surface area contributed by atoms with Crippen molar-refractivity contribution >= 4 is 0 Å². The van der Waals surface area contributed by atoms with Gasteiger partial charge in [0.15, 0.2) is 0 Å². The molecule has 1 aliphatic rings. The van der Waals surface area contributed by atoms with E-state index in [0.29, 0.717) is 6.04 Å². The van der Waals surface area contributed by atoms with Gasteiger partial charge in [-0.15, -0.1) is 0 Å². The summed E-state index contributed by atoms with van der Waals surface area (Å²) in [6.45, 7) is 9.24. The SMILES string of the molecule is CCCC1CCC(NCCN(C)C(C)CC)CC1. The van der Waals surface area contributed by atoms with Crippen molar-refractivity contribution in [1.29, 1.82) is 0 Å². The molecule has 0 aromatic carbocycles. The Labute approximate surface area is 115 Å². The molecule has 2 nitrogen and oxygen atoms in total. The second-order valence-corrected chi connectivity index (χ2v) is 6.20. The third kappa shape index (κ3) is 5.71. The molecule has 1 saturated carbocycles. The quantitative estimate of drug-likeness (QED) is 0.711. The van der Waals surface area contributed by atoms with Gasteiger partial charge in [-0.3, -0.25) is 0 Å². The van der Waals surface area contributed by atoms with Gasteiger partial charge in [0.2, 0.25) is 0 Å². The van der Waals surface area contributed by atoms with Crippen LogP contribution in [0.1, 0.15) is 65.7 Å². The molecule has 1 aliphatic carbocycles. The average Bonchev–Trinajstić information content (AvgIpc) is 2.40. The van der Waals surface area contributed by atoms with Gasteiger partial charge in [0, 0.05) is 25.2 Å². The Morgan fingerprint density at radius 1 is 1.17 bits per heavy atom. The molecule has 0 saturated heterocycles. The van der Waals surface area contributed by atoms with Crippen molar-refractivity contribution in [1.82, 2.24) is 10.2 Å². The molecule has 1 unspecified atom stereocenters. The molecular formula is C16H34N2. The second-order valence-electron chi connectivity index (χ2n) is 6.20. The Kier molecular flexibility index (Phi) is 7.92. The molecule has 0 spiro atoms. The fourth-order valence-electron chi connectivity index (χ4n) is 3.04. The zero-order chi connectivity index (χ0) is 13.4. The van der Waals surface area contributed by atoms with E-state index in [-0.39, 0.29) is 0 Å². The fraction of sp³-hybridized carbons (Fsp3) is 1.00. The van der Waals surface area contributed by atoms with Crippen molar-refractivity contribution in [2.75, 3.05) is 20.1 Å². The highest BCUT2D eigenvalue weighted by atomic mass is 15.1. The number of nitrogens with one attached hydrogen (secondary N) is 1. The topological polar surface area (TPSA) is 15.3 Å². The first kappa shape index (κ1) is 16.0. The summed E-state index contributed by atoms with van der Waals surface area (Å²) >= 11 is 0. The molecule has 18 heavy (non-hydrogen) atoms. The number of nitrogens with zero attached hydrogens (tertiary/aromatic N) is 1. The van der Waals surface area contributed by atoms with Gasteiger partial charge in [0.05, 0.1) is 0 Å². The first-order valence-corrected chi connectivity index (χ1v) is 8.10. The van der Waals surface area contributed by atoms with E-state index in [0.717, 1.165) is 18.5 Å². The molecule has 0 radical (unpaired) electrons. The lowest BCUT2D eigenvalue weighted by Crippen LogP contribution is -2.40. The first-order valence-electron chi connectivity index (χ1n) is 8.10. The number of likely N-dealkylation sites (N-methyl/N-ethyl adjacent to an activating group) is 1. The molecule has 0 amide bonds. The first-order chi connectivity index (χ1) is 8.67. The Morgan fingerprint density at radius 2 is 1.83 bits per heavy atom. The third-order valence-electron chi connectivity index (χ3n) is 4.78. The van der Waals surface area contributed by atoms with Gasteiger partial charge in [-0.2, -0.15) is 0 Å². The van der Waals surface area contributed by atoms with Crippen LogP contribution in [0.5, 0.6) is 0 Å². The van der Waals surface area contributed by atoms with Crippen LogP contribution < -0.4 is 5.32 Å². The molecule has 1 atom stereocenters. The van der Waals surface area contributed by atoms with E-state index in [1.54, 1.807) is 0 Å². The molecule has 1 fully saturated rings. The molecule has 2 heteroatoms. The zero-order valence-corrected chi connectivity index (χ0v) is 13.0. The summed E-state index contributed by atoms with van der Waals surface area (Å²) in [4.78, 5) is 2.47. The van der Waals surface area contributed by atoms with Crippen molar-refractivity contribution in [3.8, 4) is 0 Å². The van der Waals surface area contributed by atoms with E-state index in [1.807, 2.05) is 0 Å². The summed E-state index contributed by atoms with van der Waals surface area (Å²) in [6, 6.07) is 1.51. The Morgan fingerprint density at radius 3 is 2.39 bits per heavy atom. The average molecular weight is 254 g/mol.